The van der Waals surface area contributed by atoms with Crippen LogP contribution in [-0.2, 0) is 20.8 Å². The summed E-state index contributed by atoms with van der Waals surface area (Å²) >= 11 is 0. The van der Waals surface area contributed by atoms with Crippen molar-refractivity contribution >= 4 is 5.97 Å². The summed E-state index contributed by atoms with van der Waals surface area (Å²) in [6, 6.07) is 4.44. The molecule has 6 nitrogen and oxygen atoms in total. The van der Waals surface area contributed by atoms with Crippen LogP contribution in [0.1, 0.15) is 32.1 Å². The van der Waals surface area contributed by atoms with Crippen LogP contribution in [0.3, 0.4) is 0 Å². The van der Waals surface area contributed by atoms with Gasteiger partial charge in [0.25, 0.3) is 0 Å². The van der Waals surface area contributed by atoms with Gasteiger partial charge in [0.1, 0.15) is 6.61 Å². The van der Waals surface area contributed by atoms with Gasteiger partial charge >= 0.3 is 5.97 Å². The van der Waals surface area contributed by atoms with Crippen LogP contribution in [0, 0.1) is 0 Å². The second-order valence-corrected chi connectivity index (χ2v) is 6.95. The highest BCUT2D eigenvalue weighted by molar-refractivity contribution is 5.68. The fourth-order valence-electron chi connectivity index (χ4n) is 4.34. The minimum atomic E-state index is -0.895. The van der Waals surface area contributed by atoms with Gasteiger partial charge in [0, 0.05) is 45.2 Å². The maximum Gasteiger partial charge on any atom is 0.329 e. The van der Waals surface area contributed by atoms with Crippen molar-refractivity contribution in [2.45, 2.75) is 56.4 Å². The average Bonchev–Trinajstić information content (AvgIpc) is 3.21. The van der Waals surface area contributed by atoms with Crippen LogP contribution in [0.5, 0.6) is 0 Å². The topological polar surface area (TPSA) is 63.9 Å². The molecule has 0 unspecified atom stereocenters. The number of hydrogen-bond acceptors (Lipinski definition) is 4. The molecule has 2 heterocycles. The summed E-state index contributed by atoms with van der Waals surface area (Å²) in [5.41, 5.74) is -0.0729. The molecule has 24 heavy (non-hydrogen) atoms. The van der Waals surface area contributed by atoms with Crippen molar-refractivity contribution in [3.8, 4) is 0 Å². The monoisotopic (exact) mass is 336 g/mol. The lowest BCUT2D eigenvalue weighted by Crippen LogP contribution is -2.52. The number of aliphatic carboxylic acids is 1. The van der Waals surface area contributed by atoms with E-state index in [0.717, 1.165) is 51.7 Å². The first-order chi connectivity index (χ1) is 11.6. The van der Waals surface area contributed by atoms with Crippen molar-refractivity contribution in [2.75, 3.05) is 26.8 Å². The van der Waals surface area contributed by atoms with Crippen LogP contribution in [0.2, 0.25) is 0 Å². The van der Waals surface area contributed by atoms with Crippen LogP contribution >= 0.6 is 0 Å². The summed E-state index contributed by atoms with van der Waals surface area (Å²) < 4.78 is 13.7. The zero-order chi connectivity index (χ0) is 17.0. The zero-order valence-corrected chi connectivity index (χ0v) is 14.4. The summed E-state index contributed by atoms with van der Waals surface area (Å²) in [4.78, 5) is 13.3. The number of carboxylic acids is 1. The van der Waals surface area contributed by atoms with Gasteiger partial charge in [0.05, 0.1) is 11.7 Å². The van der Waals surface area contributed by atoms with Crippen molar-refractivity contribution < 1.29 is 19.4 Å². The minimum Gasteiger partial charge on any atom is -0.480 e. The minimum absolute atomic E-state index is 0.0272. The average molecular weight is 336 g/mol. The van der Waals surface area contributed by atoms with E-state index in [0.29, 0.717) is 6.04 Å². The van der Waals surface area contributed by atoms with Crippen LogP contribution in [-0.4, -0.2) is 65.1 Å². The third-order valence-electron chi connectivity index (χ3n) is 5.62. The molecule has 1 aromatic heterocycles. The van der Waals surface area contributed by atoms with Gasteiger partial charge < -0.3 is 19.1 Å². The third kappa shape index (κ3) is 3.82. The SMILES string of the molecule is CO[C@]12CC[C@H](OCC(=O)O)C[C@H]1N(CCCn1cccc1)CC2. The number of ether oxygens (including phenoxy) is 2. The predicted molar refractivity (Wildman–Crippen MR) is 90.0 cm³/mol. The van der Waals surface area contributed by atoms with Crippen LogP contribution in [0.25, 0.3) is 0 Å². The molecule has 0 bridgehead atoms. The molecule has 1 aliphatic carbocycles. The highest BCUT2D eigenvalue weighted by Crippen LogP contribution is 2.43. The van der Waals surface area contributed by atoms with Crippen molar-refractivity contribution in [3.05, 3.63) is 24.5 Å². The first kappa shape index (κ1) is 17.5. The standard InChI is InChI=1S/C18H28N2O4/c1-23-18-6-5-15(24-14-17(21)22)13-16(18)20(12-7-18)11-4-10-19-8-2-3-9-19/h2-3,8-9,15-16H,4-7,10-14H2,1H3,(H,21,22)/t15-,16+,18-/m0/s1. The Balaban J connectivity index is 1.55. The Morgan fingerprint density at radius 3 is 2.79 bits per heavy atom. The van der Waals surface area contributed by atoms with E-state index in [4.69, 9.17) is 14.6 Å². The Kier molecular flexibility index (Phi) is 5.58. The molecule has 0 amide bonds. The second-order valence-electron chi connectivity index (χ2n) is 6.95. The summed E-state index contributed by atoms with van der Waals surface area (Å²) in [5.74, 6) is -0.895. The summed E-state index contributed by atoms with van der Waals surface area (Å²) in [7, 11) is 1.81. The van der Waals surface area contributed by atoms with Gasteiger partial charge in [-0.2, -0.15) is 0 Å². The normalized spacial score (nSPS) is 30.4. The first-order valence-electron chi connectivity index (χ1n) is 8.86. The Morgan fingerprint density at radius 2 is 2.08 bits per heavy atom. The number of methoxy groups -OCH3 is 1. The van der Waals surface area contributed by atoms with E-state index < -0.39 is 5.97 Å². The molecule has 134 valence electrons. The molecule has 1 aliphatic heterocycles. The van der Waals surface area contributed by atoms with E-state index in [9.17, 15) is 4.79 Å². The number of rotatable bonds is 8. The summed E-state index contributed by atoms with van der Waals surface area (Å²) in [6.45, 7) is 2.91. The lowest BCUT2D eigenvalue weighted by molar-refractivity contribution is -0.148. The number of hydrogen-bond donors (Lipinski definition) is 1. The van der Waals surface area contributed by atoms with E-state index in [2.05, 4.69) is 34.0 Å². The van der Waals surface area contributed by atoms with Gasteiger partial charge in [0.15, 0.2) is 0 Å². The lowest BCUT2D eigenvalue weighted by Gasteiger charge is -2.43. The van der Waals surface area contributed by atoms with E-state index in [1.807, 2.05) is 7.11 Å². The molecule has 0 aromatic carbocycles. The van der Waals surface area contributed by atoms with Crippen molar-refractivity contribution in [1.29, 1.82) is 0 Å². The largest absolute Gasteiger partial charge is 0.480 e. The molecule has 1 N–H and O–H groups in total. The highest BCUT2D eigenvalue weighted by atomic mass is 16.5. The van der Waals surface area contributed by atoms with E-state index in [1.165, 1.54) is 0 Å². The van der Waals surface area contributed by atoms with Gasteiger partial charge in [-0.05, 0) is 44.2 Å². The van der Waals surface area contributed by atoms with Gasteiger partial charge in [0.2, 0.25) is 0 Å². The van der Waals surface area contributed by atoms with Crippen molar-refractivity contribution in [2.24, 2.45) is 0 Å². The number of likely N-dealkylation sites (tertiary alicyclic amines) is 1. The first-order valence-corrected chi connectivity index (χ1v) is 8.86. The molecule has 2 aliphatic rings. The second kappa shape index (κ2) is 7.68. The molecular weight excluding hydrogens is 308 g/mol. The molecule has 3 rings (SSSR count). The molecule has 1 aromatic rings. The highest BCUT2D eigenvalue weighted by Gasteiger charge is 2.50. The lowest BCUT2D eigenvalue weighted by atomic mass is 9.79. The van der Waals surface area contributed by atoms with E-state index in [-0.39, 0.29) is 18.3 Å². The fraction of sp³-hybridized carbons (Fsp3) is 0.722. The molecule has 6 heteroatoms. The molecule has 3 atom stereocenters. The van der Waals surface area contributed by atoms with Crippen LogP contribution in [0.15, 0.2) is 24.5 Å². The third-order valence-corrected chi connectivity index (χ3v) is 5.62. The maximum absolute atomic E-state index is 10.7. The van der Waals surface area contributed by atoms with Gasteiger partial charge in [-0.1, -0.05) is 0 Å². The van der Waals surface area contributed by atoms with Crippen LogP contribution in [0.4, 0.5) is 0 Å². The smallest absolute Gasteiger partial charge is 0.329 e. The predicted octanol–water partition coefficient (Wildman–Crippen LogP) is 1.99. The Labute approximate surface area is 143 Å². The zero-order valence-electron chi connectivity index (χ0n) is 14.4. The number of aryl methyl sites for hydroxylation is 1. The fourth-order valence-corrected chi connectivity index (χ4v) is 4.34. The molecule has 2 fully saturated rings. The summed E-state index contributed by atoms with van der Waals surface area (Å²) in [5, 5.41) is 8.82. The number of nitrogens with zero attached hydrogens (tertiary/aromatic N) is 2. The van der Waals surface area contributed by atoms with Gasteiger partial charge in [-0.15, -0.1) is 0 Å². The quantitative estimate of drug-likeness (QED) is 0.786. The van der Waals surface area contributed by atoms with Gasteiger partial charge in [-0.3, -0.25) is 4.90 Å². The number of carboxylic acid groups (broad SMARTS) is 1. The molecule has 1 saturated heterocycles. The number of aromatic nitrogens is 1. The van der Waals surface area contributed by atoms with Crippen LogP contribution < -0.4 is 0 Å². The molecule has 0 spiro atoms. The molecule has 0 radical (unpaired) electrons. The van der Waals surface area contributed by atoms with Gasteiger partial charge in [-0.25, -0.2) is 4.79 Å². The maximum atomic E-state index is 10.7. The Bertz CT molecular complexity index is 533. The van der Waals surface area contributed by atoms with Crippen molar-refractivity contribution in [1.82, 2.24) is 9.47 Å². The number of fused-ring (bicyclic) bond motifs is 1. The van der Waals surface area contributed by atoms with E-state index >= 15 is 0 Å². The Hall–Kier alpha value is -1.37. The van der Waals surface area contributed by atoms with E-state index in [1.54, 1.807) is 0 Å². The molecule has 1 saturated carbocycles. The number of carbonyl (C=O) groups is 1. The Morgan fingerprint density at radius 1 is 1.29 bits per heavy atom. The molecular formula is C18H28N2O4. The summed E-state index contributed by atoms with van der Waals surface area (Å²) in [6.07, 6.45) is 9.08. The van der Waals surface area contributed by atoms with Crippen molar-refractivity contribution in [3.63, 3.8) is 0 Å².